The van der Waals surface area contributed by atoms with Crippen LogP contribution in [0.2, 0.25) is 5.02 Å². The van der Waals surface area contributed by atoms with E-state index >= 15 is 0 Å². The van der Waals surface area contributed by atoms with Crippen LogP contribution >= 0.6 is 11.6 Å². The first-order chi connectivity index (χ1) is 18.5. The molecule has 2 heterocycles. The number of ether oxygens (including phenoxy) is 2. The van der Waals surface area contributed by atoms with Gasteiger partial charge < -0.3 is 19.4 Å². The minimum Gasteiger partial charge on any atom is -0.484 e. The number of benzene rings is 3. The lowest BCUT2D eigenvalue weighted by Crippen LogP contribution is -2.31. The molecule has 38 heavy (non-hydrogen) atoms. The van der Waals surface area contributed by atoms with Crippen molar-refractivity contribution in [1.29, 1.82) is 0 Å². The normalized spacial score (nSPS) is 19.3. The number of para-hydroxylation sites is 2. The zero-order valence-electron chi connectivity index (χ0n) is 21.6. The third-order valence-electron chi connectivity index (χ3n) is 7.14. The molecule has 3 aromatic carbocycles. The van der Waals surface area contributed by atoms with Gasteiger partial charge in [-0.15, -0.1) is 0 Å². The summed E-state index contributed by atoms with van der Waals surface area (Å²) in [7, 11) is 0. The summed E-state index contributed by atoms with van der Waals surface area (Å²) in [5.74, 6) is 1.54. The Morgan fingerprint density at radius 2 is 1.92 bits per heavy atom. The van der Waals surface area contributed by atoms with Crippen molar-refractivity contribution in [3.8, 4) is 11.4 Å². The number of carbonyl (C=O) groups excluding carboxylic acids is 1. The van der Waals surface area contributed by atoms with Crippen LogP contribution in [0, 0.1) is 11.8 Å². The van der Waals surface area contributed by atoms with Crippen LogP contribution in [-0.4, -0.2) is 28.7 Å². The molecule has 0 aliphatic carbocycles. The van der Waals surface area contributed by atoms with Gasteiger partial charge in [-0.1, -0.05) is 61.8 Å². The molecule has 0 bridgehead atoms. The van der Waals surface area contributed by atoms with Crippen LogP contribution in [0.4, 0.5) is 5.69 Å². The molecule has 1 amide bonds. The zero-order chi connectivity index (χ0) is 26.5. The molecule has 1 saturated heterocycles. The van der Waals surface area contributed by atoms with Gasteiger partial charge in [-0.2, -0.15) is 0 Å². The lowest BCUT2D eigenvalue weighted by molar-refractivity contribution is -0.118. The number of rotatable bonds is 8. The summed E-state index contributed by atoms with van der Waals surface area (Å²) >= 11 is 6.09. The molecule has 0 spiro atoms. The molecule has 0 unspecified atom stereocenters. The van der Waals surface area contributed by atoms with Crippen LogP contribution in [0.3, 0.4) is 0 Å². The Labute approximate surface area is 228 Å². The Morgan fingerprint density at radius 1 is 1.11 bits per heavy atom. The van der Waals surface area contributed by atoms with Crippen LogP contribution in [0.1, 0.15) is 43.4 Å². The predicted molar refractivity (Wildman–Crippen MR) is 150 cm³/mol. The van der Waals surface area contributed by atoms with E-state index < -0.39 is 0 Å². The Bertz CT molecular complexity index is 1360. The van der Waals surface area contributed by atoms with Crippen molar-refractivity contribution in [2.75, 3.05) is 18.5 Å². The predicted octanol–water partition coefficient (Wildman–Crippen LogP) is 7.06. The fourth-order valence-corrected chi connectivity index (χ4v) is 5.24. The van der Waals surface area contributed by atoms with Crippen molar-refractivity contribution in [2.45, 2.75) is 32.3 Å². The second kappa shape index (κ2) is 11.8. The molecule has 6 nitrogen and oxygen atoms in total. The quantitative estimate of drug-likeness (QED) is 0.265. The number of hydrogen-bond donors (Lipinski definition) is 1. The monoisotopic (exact) mass is 529 g/mol. The molecule has 1 aliphatic rings. The van der Waals surface area contributed by atoms with Crippen molar-refractivity contribution < 1.29 is 14.3 Å². The highest BCUT2D eigenvalue weighted by Gasteiger charge is 2.35. The molecule has 1 fully saturated rings. The SMILES string of the molecule is CC(C)[C@@H]1C[C@H](c2ccc(Cl)cc2)CO[C@H]1c1cccc(OCC(=O)Nc2ccccc2-n2ccnc2)c1. The van der Waals surface area contributed by atoms with Crippen molar-refractivity contribution in [3.05, 3.63) is 108 Å². The lowest BCUT2D eigenvalue weighted by Gasteiger charge is -2.39. The molecule has 3 atom stereocenters. The van der Waals surface area contributed by atoms with Gasteiger partial charge in [-0.3, -0.25) is 4.79 Å². The number of nitrogens with zero attached hydrogens (tertiary/aromatic N) is 2. The zero-order valence-corrected chi connectivity index (χ0v) is 22.3. The average molecular weight is 530 g/mol. The van der Waals surface area contributed by atoms with Crippen molar-refractivity contribution in [2.24, 2.45) is 11.8 Å². The Balaban J connectivity index is 1.23. The van der Waals surface area contributed by atoms with Gasteiger partial charge in [0.1, 0.15) is 5.75 Å². The van der Waals surface area contributed by atoms with Crippen LogP contribution in [0.25, 0.3) is 5.69 Å². The van der Waals surface area contributed by atoms with E-state index in [1.807, 2.05) is 65.4 Å². The van der Waals surface area contributed by atoms with Crippen molar-refractivity contribution >= 4 is 23.2 Å². The van der Waals surface area contributed by atoms with Gasteiger partial charge in [0.05, 0.1) is 30.4 Å². The second-order valence-electron chi connectivity index (χ2n) is 10.0. The average Bonchev–Trinajstić information content (AvgIpc) is 3.47. The van der Waals surface area contributed by atoms with Crippen LogP contribution in [0.15, 0.2) is 91.5 Å². The van der Waals surface area contributed by atoms with Gasteiger partial charge in [-0.05, 0) is 65.8 Å². The van der Waals surface area contributed by atoms with Crippen LogP contribution in [-0.2, 0) is 9.53 Å². The first-order valence-electron chi connectivity index (χ1n) is 12.9. The molecule has 0 saturated carbocycles. The Kier molecular flexibility index (Phi) is 8.11. The lowest BCUT2D eigenvalue weighted by atomic mass is 9.76. The molecule has 5 rings (SSSR count). The third-order valence-corrected chi connectivity index (χ3v) is 7.39. The van der Waals surface area contributed by atoms with Gasteiger partial charge >= 0.3 is 0 Å². The number of amides is 1. The van der Waals surface area contributed by atoms with E-state index in [0.29, 0.717) is 35.8 Å². The molecule has 4 aromatic rings. The molecule has 7 heteroatoms. The third kappa shape index (κ3) is 6.09. The summed E-state index contributed by atoms with van der Waals surface area (Å²) in [4.78, 5) is 16.8. The van der Waals surface area contributed by atoms with E-state index in [9.17, 15) is 4.79 Å². The smallest absolute Gasteiger partial charge is 0.262 e. The van der Waals surface area contributed by atoms with Gasteiger partial charge in [0.2, 0.25) is 0 Å². The Hall–Kier alpha value is -3.61. The van der Waals surface area contributed by atoms with E-state index in [1.54, 1.807) is 12.5 Å². The largest absolute Gasteiger partial charge is 0.484 e. The summed E-state index contributed by atoms with van der Waals surface area (Å²) in [5.41, 5.74) is 3.86. The minimum absolute atomic E-state index is 0.0296. The highest BCUT2D eigenvalue weighted by Crippen LogP contribution is 2.44. The standard InChI is InChI=1S/C31H32ClN3O3/c1-21(2)27-17-24(22-10-12-25(32)13-11-22)18-38-31(27)23-6-5-7-26(16-23)37-19-30(36)34-28-8-3-4-9-29(28)35-15-14-33-20-35/h3-16,20-21,24,27,31H,17-19H2,1-2H3,(H,34,36)/t24-,27-,31-/m0/s1. The van der Waals surface area contributed by atoms with E-state index in [2.05, 4.69) is 42.3 Å². The Morgan fingerprint density at radius 3 is 2.68 bits per heavy atom. The number of aromatic nitrogens is 2. The molecule has 1 aliphatic heterocycles. The topological polar surface area (TPSA) is 65.4 Å². The molecule has 1 aromatic heterocycles. The van der Waals surface area contributed by atoms with Crippen molar-refractivity contribution in [1.82, 2.24) is 9.55 Å². The van der Waals surface area contributed by atoms with Crippen LogP contribution < -0.4 is 10.1 Å². The highest BCUT2D eigenvalue weighted by atomic mass is 35.5. The molecular weight excluding hydrogens is 498 g/mol. The van der Waals surface area contributed by atoms with E-state index in [4.69, 9.17) is 21.1 Å². The van der Waals surface area contributed by atoms with Gasteiger partial charge in [0, 0.05) is 23.3 Å². The molecular formula is C31H32ClN3O3. The number of anilines is 1. The number of imidazole rings is 1. The van der Waals surface area contributed by atoms with E-state index in [1.165, 1.54) is 5.56 Å². The van der Waals surface area contributed by atoms with Crippen molar-refractivity contribution in [3.63, 3.8) is 0 Å². The minimum atomic E-state index is -0.234. The van der Waals surface area contributed by atoms with Crippen LogP contribution in [0.5, 0.6) is 5.75 Å². The fraction of sp³-hybridized carbons (Fsp3) is 0.290. The first-order valence-corrected chi connectivity index (χ1v) is 13.3. The summed E-state index contributed by atoms with van der Waals surface area (Å²) in [6.07, 6.45) is 6.24. The van der Waals surface area contributed by atoms with Gasteiger partial charge in [0.15, 0.2) is 6.61 Å². The number of carbonyl (C=O) groups is 1. The number of hydrogen-bond acceptors (Lipinski definition) is 4. The maximum Gasteiger partial charge on any atom is 0.262 e. The maximum atomic E-state index is 12.7. The summed E-state index contributed by atoms with van der Waals surface area (Å²) in [6.45, 7) is 5.05. The fourth-order valence-electron chi connectivity index (χ4n) is 5.12. The summed E-state index contributed by atoms with van der Waals surface area (Å²) in [5, 5.41) is 3.69. The molecule has 0 radical (unpaired) electrons. The molecule has 1 N–H and O–H groups in total. The maximum absolute atomic E-state index is 12.7. The summed E-state index contributed by atoms with van der Waals surface area (Å²) in [6, 6.07) is 23.6. The van der Waals surface area contributed by atoms with Gasteiger partial charge in [-0.25, -0.2) is 4.98 Å². The van der Waals surface area contributed by atoms with E-state index in [0.717, 1.165) is 22.7 Å². The molecule has 196 valence electrons. The highest BCUT2D eigenvalue weighted by molar-refractivity contribution is 6.30. The first kappa shape index (κ1) is 26.0. The summed E-state index contributed by atoms with van der Waals surface area (Å²) < 4.78 is 14.2. The van der Waals surface area contributed by atoms with E-state index in [-0.39, 0.29) is 18.6 Å². The number of nitrogens with one attached hydrogen (secondary N) is 1. The second-order valence-corrected chi connectivity index (χ2v) is 10.5. The number of halogens is 1. The van der Waals surface area contributed by atoms with Gasteiger partial charge in [0.25, 0.3) is 5.91 Å².